The Labute approximate surface area is 184 Å². The van der Waals surface area contributed by atoms with Crippen molar-refractivity contribution in [1.29, 1.82) is 0 Å². The Hall–Kier alpha value is -3.58. The predicted octanol–water partition coefficient (Wildman–Crippen LogP) is 4.97. The lowest BCUT2D eigenvalue weighted by Gasteiger charge is -2.05. The Morgan fingerprint density at radius 1 is 1.06 bits per heavy atom. The summed E-state index contributed by atoms with van der Waals surface area (Å²) in [5, 5.41) is 7.57. The van der Waals surface area contributed by atoms with Crippen molar-refractivity contribution in [3.05, 3.63) is 94.7 Å². The third-order valence-corrected chi connectivity index (χ3v) is 4.87. The minimum absolute atomic E-state index is 0.161. The fourth-order valence-corrected chi connectivity index (χ4v) is 3.05. The number of aryl methyl sites for hydroxylation is 1. The lowest BCUT2D eigenvalue weighted by atomic mass is 10.2. The van der Waals surface area contributed by atoms with Gasteiger partial charge in [-0.05, 0) is 53.9 Å². The van der Waals surface area contributed by atoms with Gasteiger partial charge in [0.2, 0.25) is 5.95 Å². The predicted molar refractivity (Wildman–Crippen MR) is 117 cm³/mol. The molecule has 1 amide bonds. The van der Waals surface area contributed by atoms with Crippen LogP contribution in [0.3, 0.4) is 0 Å². The Morgan fingerprint density at radius 3 is 2.55 bits per heavy atom. The average molecular weight is 437 g/mol. The molecule has 2 heterocycles. The zero-order chi connectivity index (χ0) is 21.6. The molecule has 0 radical (unpaired) electrons. The number of nitrogens with zero attached hydrogens (tertiary/aromatic N) is 3. The molecule has 0 unspecified atom stereocenters. The number of nitrogens with one attached hydrogen (secondary N) is 1. The average Bonchev–Trinajstić information content (AvgIpc) is 3.44. The smallest absolute Gasteiger partial charge is 0.293 e. The number of carbonyl (C=O) groups excluding carboxylic acids is 1. The first-order chi connectivity index (χ1) is 15.1. The SMILES string of the molecule is CCc1ccc(OCc2ccc(C(=O)Nc3ncn(Cc4ccc(Cl)cc4)n3)o2)cc1. The van der Waals surface area contributed by atoms with Crippen LogP contribution in [0.4, 0.5) is 5.95 Å². The maximum absolute atomic E-state index is 12.4. The van der Waals surface area contributed by atoms with E-state index in [-0.39, 0.29) is 18.3 Å². The molecule has 158 valence electrons. The van der Waals surface area contributed by atoms with Crippen LogP contribution in [-0.4, -0.2) is 20.7 Å². The number of hydrogen-bond acceptors (Lipinski definition) is 5. The minimum atomic E-state index is -0.428. The standard InChI is InChI=1S/C23H21ClN4O3/c1-2-16-5-9-19(10-6-16)30-14-20-11-12-21(31-20)22(29)26-23-25-15-28(27-23)13-17-3-7-18(24)8-4-17/h3-12,15H,2,13-14H2,1H3,(H,26,27,29). The summed E-state index contributed by atoms with van der Waals surface area (Å²) in [4.78, 5) is 16.5. The number of benzene rings is 2. The van der Waals surface area contributed by atoms with Gasteiger partial charge >= 0.3 is 0 Å². The Morgan fingerprint density at radius 2 is 1.81 bits per heavy atom. The maximum atomic E-state index is 12.4. The number of amides is 1. The van der Waals surface area contributed by atoms with E-state index in [1.54, 1.807) is 23.1 Å². The van der Waals surface area contributed by atoms with Crippen LogP contribution in [-0.2, 0) is 19.6 Å². The van der Waals surface area contributed by atoms with Gasteiger partial charge in [-0.1, -0.05) is 42.8 Å². The summed E-state index contributed by atoms with van der Waals surface area (Å²) in [6, 6.07) is 18.6. The quantitative estimate of drug-likeness (QED) is 0.422. The van der Waals surface area contributed by atoms with Crippen molar-refractivity contribution in [1.82, 2.24) is 14.8 Å². The van der Waals surface area contributed by atoms with Crippen molar-refractivity contribution in [2.24, 2.45) is 0 Å². The minimum Gasteiger partial charge on any atom is -0.486 e. The molecule has 31 heavy (non-hydrogen) atoms. The van der Waals surface area contributed by atoms with Gasteiger partial charge in [-0.3, -0.25) is 10.1 Å². The summed E-state index contributed by atoms with van der Waals surface area (Å²) in [7, 11) is 0. The molecule has 0 aliphatic carbocycles. The van der Waals surface area contributed by atoms with Crippen LogP contribution in [0.5, 0.6) is 5.75 Å². The van der Waals surface area contributed by atoms with Crippen LogP contribution in [0.1, 0.15) is 34.4 Å². The number of ether oxygens (including phenoxy) is 1. The van der Waals surface area contributed by atoms with E-state index in [1.165, 1.54) is 5.56 Å². The molecule has 2 aromatic heterocycles. The molecule has 0 spiro atoms. The van der Waals surface area contributed by atoms with Gasteiger partial charge in [0, 0.05) is 5.02 Å². The van der Waals surface area contributed by atoms with E-state index in [4.69, 9.17) is 20.8 Å². The lowest BCUT2D eigenvalue weighted by Crippen LogP contribution is -2.12. The van der Waals surface area contributed by atoms with E-state index in [0.717, 1.165) is 17.7 Å². The van der Waals surface area contributed by atoms with Crippen LogP contribution >= 0.6 is 11.6 Å². The molecule has 4 rings (SSSR count). The second kappa shape index (κ2) is 9.49. The molecule has 0 atom stereocenters. The van der Waals surface area contributed by atoms with E-state index in [2.05, 4.69) is 22.3 Å². The summed E-state index contributed by atoms with van der Waals surface area (Å²) in [6.07, 6.45) is 2.53. The molecule has 8 heteroatoms. The maximum Gasteiger partial charge on any atom is 0.293 e. The highest BCUT2D eigenvalue weighted by molar-refractivity contribution is 6.30. The fourth-order valence-electron chi connectivity index (χ4n) is 2.92. The summed E-state index contributed by atoms with van der Waals surface area (Å²) in [5.41, 5.74) is 2.26. The largest absolute Gasteiger partial charge is 0.486 e. The lowest BCUT2D eigenvalue weighted by molar-refractivity contribution is 0.0991. The fraction of sp³-hybridized carbons (Fsp3) is 0.174. The number of halogens is 1. The van der Waals surface area contributed by atoms with E-state index >= 15 is 0 Å². The number of furan rings is 1. The molecular weight excluding hydrogens is 416 g/mol. The van der Waals surface area contributed by atoms with Crippen LogP contribution in [0.2, 0.25) is 5.02 Å². The summed E-state index contributed by atoms with van der Waals surface area (Å²) >= 11 is 5.90. The normalized spacial score (nSPS) is 10.8. The first-order valence-electron chi connectivity index (χ1n) is 9.85. The zero-order valence-corrected chi connectivity index (χ0v) is 17.7. The van der Waals surface area contributed by atoms with Crippen molar-refractivity contribution in [3.63, 3.8) is 0 Å². The van der Waals surface area contributed by atoms with Gasteiger partial charge < -0.3 is 9.15 Å². The second-order valence-electron chi connectivity index (χ2n) is 6.90. The highest BCUT2D eigenvalue weighted by atomic mass is 35.5. The van der Waals surface area contributed by atoms with Crippen LogP contribution in [0.25, 0.3) is 0 Å². The van der Waals surface area contributed by atoms with Gasteiger partial charge in [-0.15, -0.1) is 5.10 Å². The molecule has 0 aliphatic rings. The molecule has 0 saturated heterocycles. The van der Waals surface area contributed by atoms with Gasteiger partial charge in [-0.2, -0.15) is 0 Å². The summed E-state index contributed by atoms with van der Waals surface area (Å²) in [6.45, 7) is 2.85. The van der Waals surface area contributed by atoms with Crippen molar-refractivity contribution >= 4 is 23.5 Å². The number of hydrogen-bond donors (Lipinski definition) is 1. The van der Waals surface area contributed by atoms with Gasteiger partial charge in [0.15, 0.2) is 5.76 Å². The molecule has 2 aromatic carbocycles. The highest BCUT2D eigenvalue weighted by Crippen LogP contribution is 2.17. The van der Waals surface area contributed by atoms with Crippen LogP contribution in [0, 0.1) is 0 Å². The first kappa shape index (κ1) is 20.7. The zero-order valence-electron chi connectivity index (χ0n) is 16.9. The topological polar surface area (TPSA) is 82.2 Å². The van der Waals surface area contributed by atoms with E-state index < -0.39 is 5.91 Å². The van der Waals surface area contributed by atoms with Gasteiger partial charge in [0.05, 0.1) is 6.54 Å². The van der Waals surface area contributed by atoms with Crippen molar-refractivity contribution < 1.29 is 13.9 Å². The molecule has 4 aromatic rings. The second-order valence-corrected chi connectivity index (χ2v) is 7.33. The van der Waals surface area contributed by atoms with E-state index in [1.807, 2.05) is 48.5 Å². The van der Waals surface area contributed by atoms with Gasteiger partial charge in [-0.25, -0.2) is 9.67 Å². The first-order valence-corrected chi connectivity index (χ1v) is 10.2. The number of carbonyl (C=O) groups is 1. The number of rotatable bonds is 8. The number of anilines is 1. The van der Waals surface area contributed by atoms with Gasteiger partial charge in [0.25, 0.3) is 5.91 Å². The van der Waals surface area contributed by atoms with Crippen molar-refractivity contribution in [2.45, 2.75) is 26.5 Å². The molecule has 0 aliphatic heterocycles. The summed E-state index contributed by atoms with van der Waals surface area (Å²) < 4.78 is 12.9. The Kier molecular flexibility index (Phi) is 6.33. The van der Waals surface area contributed by atoms with Crippen molar-refractivity contribution in [2.75, 3.05) is 5.32 Å². The highest BCUT2D eigenvalue weighted by Gasteiger charge is 2.14. The third-order valence-electron chi connectivity index (χ3n) is 4.62. The van der Waals surface area contributed by atoms with Crippen molar-refractivity contribution in [3.8, 4) is 5.75 Å². The molecule has 0 bridgehead atoms. The van der Waals surface area contributed by atoms with E-state index in [0.29, 0.717) is 17.3 Å². The number of aromatic nitrogens is 3. The molecule has 1 N–H and O–H groups in total. The molecule has 0 saturated carbocycles. The van der Waals surface area contributed by atoms with Crippen LogP contribution < -0.4 is 10.1 Å². The molecular formula is C23H21ClN4O3. The molecule has 7 nitrogen and oxygen atoms in total. The van der Waals surface area contributed by atoms with Crippen LogP contribution in [0.15, 0.2) is 71.4 Å². The van der Waals surface area contributed by atoms with Gasteiger partial charge in [0.1, 0.15) is 24.4 Å². The Bertz CT molecular complexity index is 1150. The monoisotopic (exact) mass is 436 g/mol. The van der Waals surface area contributed by atoms with E-state index in [9.17, 15) is 4.79 Å². The molecule has 0 fully saturated rings. The summed E-state index contributed by atoms with van der Waals surface area (Å²) in [5.74, 6) is 1.22. The third kappa shape index (κ3) is 5.52. The Balaban J connectivity index is 1.31.